The van der Waals surface area contributed by atoms with Crippen LogP contribution in [0.2, 0.25) is 0 Å². The van der Waals surface area contributed by atoms with Gasteiger partial charge in [0.2, 0.25) is 0 Å². The molecule has 33 heavy (non-hydrogen) atoms. The van der Waals surface area contributed by atoms with Crippen LogP contribution in [0.1, 0.15) is 16.9 Å². The van der Waals surface area contributed by atoms with Gasteiger partial charge in [0.05, 0.1) is 0 Å². The third-order valence-electron chi connectivity index (χ3n) is 5.82. The predicted molar refractivity (Wildman–Crippen MR) is 137 cm³/mol. The van der Waals surface area contributed by atoms with E-state index in [1.54, 1.807) is 0 Å². The van der Waals surface area contributed by atoms with E-state index >= 15 is 0 Å². The molecule has 1 aliphatic rings. The van der Waals surface area contributed by atoms with Gasteiger partial charge in [-0.3, -0.25) is 0 Å². The maximum absolute atomic E-state index is 6.42. The monoisotopic (exact) mass is 443 g/mol. The van der Waals surface area contributed by atoms with E-state index in [9.17, 15) is 0 Å². The molecule has 1 aromatic heterocycles. The van der Waals surface area contributed by atoms with E-state index in [2.05, 4.69) is 48.2 Å². The quantitative estimate of drug-likeness (QED) is 0.203. The first-order chi connectivity index (χ1) is 16.3. The molecule has 6 rings (SSSR count). The molecule has 0 N–H and O–H groups in total. The Morgan fingerprint density at radius 1 is 0.636 bits per heavy atom. The summed E-state index contributed by atoms with van der Waals surface area (Å²) in [6.07, 6.45) is 1.86. The second kappa shape index (κ2) is 8.11. The number of benzene rings is 4. The second-order valence-corrected chi connectivity index (χ2v) is 8.27. The molecule has 0 atom stereocenters. The van der Waals surface area contributed by atoms with Crippen molar-refractivity contribution in [3.05, 3.63) is 131 Å². The normalized spacial score (nSPS) is 12.8. The van der Waals surface area contributed by atoms with Gasteiger partial charge >= 0.3 is 0 Å². The number of para-hydroxylation sites is 1. The van der Waals surface area contributed by atoms with Crippen LogP contribution in [-0.4, -0.2) is 5.71 Å². The maximum atomic E-state index is 6.42. The van der Waals surface area contributed by atoms with Crippen LogP contribution >= 0.6 is 11.6 Å². The van der Waals surface area contributed by atoms with Crippen molar-refractivity contribution < 1.29 is 4.42 Å². The molecule has 0 amide bonds. The first kappa shape index (κ1) is 19.6. The smallest absolute Gasteiger partial charge is 0.172 e. The van der Waals surface area contributed by atoms with E-state index in [1.807, 2.05) is 66.7 Å². The van der Waals surface area contributed by atoms with Crippen LogP contribution in [0.15, 0.2) is 123 Å². The van der Waals surface area contributed by atoms with E-state index in [-0.39, 0.29) is 0 Å². The first-order valence-electron chi connectivity index (χ1n) is 10.8. The Balaban J connectivity index is 1.62. The fraction of sp³-hybridized carbons (Fsp3) is 0. The lowest BCUT2D eigenvalue weighted by molar-refractivity contribution is 0.604. The fourth-order valence-corrected chi connectivity index (χ4v) is 4.39. The van der Waals surface area contributed by atoms with Gasteiger partial charge in [-0.1, -0.05) is 96.2 Å². The van der Waals surface area contributed by atoms with Gasteiger partial charge in [-0.05, 0) is 52.6 Å². The lowest BCUT2D eigenvalue weighted by Gasteiger charge is -2.12. The van der Waals surface area contributed by atoms with Crippen molar-refractivity contribution >= 4 is 34.4 Å². The van der Waals surface area contributed by atoms with E-state index in [1.165, 1.54) is 0 Å². The van der Waals surface area contributed by atoms with Gasteiger partial charge in [-0.25, -0.2) is 4.99 Å². The molecular formula is C30H18ClNO. The van der Waals surface area contributed by atoms with Crippen molar-refractivity contribution in [2.75, 3.05) is 0 Å². The molecule has 0 bridgehead atoms. The molecule has 0 aliphatic carbocycles. The van der Waals surface area contributed by atoms with Crippen molar-refractivity contribution in [2.45, 2.75) is 0 Å². The first-order valence-corrected chi connectivity index (χ1v) is 11.1. The van der Waals surface area contributed by atoms with Gasteiger partial charge in [-0.15, -0.1) is 0 Å². The fourth-order valence-electron chi connectivity index (χ4n) is 4.25. The minimum atomic E-state index is 0.298. The Bertz CT molecular complexity index is 1530. The van der Waals surface area contributed by atoms with Crippen LogP contribution in [-0.2, 0) is 0 Å². The highest BCUT2D eigenvalue weighted by molar-refractivity contribution is 6.31. The third-order valence-corrected chi connectivity index (χ3v) is 6.01. The highest BCUT2D eigenvalue weighted by Crippen LogP contribution is 2.34. The van der Waals surface area contributed by atoms with Crippen molar-refractivity contribution in [1.29, 1.82) is 0 Å². The zero-order valence-electron chi connectivity index (χ0n) is 17.6. The molecule has 3 heteroatoms. The van der Waals surface area contributed by atoms with E-state index < -0.39 is 0 Å². The summed E-state index contributed by atoms with van der Waals surface area (Å²) in [5.74, 6) is 0.698. The van der Waals surface area contributed by atoms with Crippen molar-refractivity contribution in [1.82, 2.24) is 0 Å². The Morgan fingerprint density at radius 3 is 1.88 bits per heavy atom. The summed E-state index contributed by atoms with van der Waals surface area (Å²) >= 11 is 6.42. The minimum absolute atomic E-state index is 0.298. The Hall–Kier alpha value is -4.10. The average Bonchev–Trinajstić information content (AvgIpc) is 3.16. The lowest BCUT2D eigenvalue weighted by atomic mass is 9.93. The summed E-state index contributed by atoms with van der Waals surface area (Å²) in [5, 5.41) is 1.31. The number of furan rings is 1. The topological polar surface area (TPSA) is 25.5 Å². The van der Waals surface area contributed by atoms with Crippen LogP contribution < -0.4 is 0 Å². The number of hydrogen-bond donors (Lipinski definition) is 0. The number of hydrogen-bond acceptors (Lipinski definition) is 2. The third kappa shape index (κ3) is 3.62. The number of nitrogens with zero attached hydrogens (tertiary/aromatic N) is 1. The van der Waals surface area contributed by atoms with Gasteiger partial charge in [0, 0.05) is 16.5 Å². The second-order valence-electron chi connectivity index (χ2n) is 7.91. The van der Waals surface area contributed by atoms with Crippen molar-refractivity contribution in [2.24, 2.45) is 4.99 Å². The summed E-state index contributed by atoms with van der Waals surface area (Å²) in [6, 6.07) is 35.2. The molecule has 2 heterocycles. The summed E-state index contributed by atoms with van der Waals surface area (Å²) in [5.41, 5.74) is 10.9. The average molecular weight is 444 g/mol. The molecule has 1 aliphatic heterocycles. The van der Waals surface area contributed by atoms with Gasteiger partial charge in [0.1, 0.15) is 11.3 Å². The number of aliphatic imine (C=N–C) groups is 1. The zero-order valence-corrected chi connectivity index (χ0v) is 18.4. The number of fused-ring (bicyclic) bond motifs is 3. The van der Waals surface area contributed by atoms with Crippen molar-refractivity contribution in [3.63, 3.8) is 0 Å². The van der Waals surface area contributed by atoms with E-state index in [4.69, 9.17) is 21.0 Å². The lowest BCUT2D eigenvalue weighted by Crippen LogP contribution is -2.04. The van der Waals surface area contributed by atoms with Gasteiger partial charge in [-0.2, -0.15) is 0 Å². The summed E-state index contributed by atoms with van der Waals surface area (Å²) < 4.78 is 6.30. The van der Waals surface area contributed by atoms with E-state index in [0.717, 1.165) is 44.3 Å². The van der Waals surface area contributed by atoms with Gasteiger partial charge in [0.25, 0.3) is 0 Å². The molecule has 2 nitrogen and oxygen atoms in total. The van der Waals surface area contributed by atoms with Gasteiger partial charge in [0.15, 0.2) is 10.9 Å². The molecule has 0 spiro atoms. The maximum Gasteiger partial charge on any atom is 0.172 e. The van der Waals surface area contributed by atoms with Crippen LogP contribution in [0.25, 0.3) is 39.3 Å². The molecule has 4 aromatic carbocycles. The Morgan fingerprint density at radius 2 is 1.21 bits per heavy atom. The van der Waals surface area contributed by atoms with E-state index in [0.29, 0.717) is 16.6 Å². The van der Waals surface area contributed by atoms with Crippen LogP contribution in [0.5, 0.6) is 0 Å². The molecule has 0 saturated carbocycles. The van der Waals surface area contributed by atoms with Gasteiger partial charge < -0.3 is 4.42 Å². The van der Waals surface area contributed by atoms with Crippen LogP contribution in [0.3, 0.4) is 0 Å². The highest BCUT2D eigenvalue weighted by Gasteiger charge is 2.22. The minimum Gasteiger partial charge on any atom is -0.454 e. The largest absolute Gasteiger partial charge is 0.454 e. The Kier molecular flexibility index (Phi) is 4.81. The summed E-state index contributed by atoms with van der Waals surface area (Å²) in [7, 11) is 0. The summed E-state index contributed by atoms with van der Waals surface area (Å²) in [4.78, 5) is 4.72. The molecule has 0 unspecified atom stereocenters. The molecule has 0 radical (unpaired) electrons. The molecule has 0 fully saturated rings. The summed E-state index contributed by atoms with van der Waals surface area (Å²) in [6.45, 7) is 0. The highest BCUT2D eigenvalue weighted by atomic mass is 35.5. The molecule has 0 saturated heterocycles. The molecule has 156 valence electrons. The number of rotatable bonds is 3. The predicted octanol–water partition coefficient (Wildman–Crippen LogP) is 8.31. The van der Waals surface area contributed by atoms with Crippen LogP contribution in [0.4, 0.5) is 0 Å². The zero-order chi connectivity index (χ0) is 22.2. The van der Waals surface area contributed by atoms with Crippen LogP contribution in [0, 0.1) is 0 Å². The number of halogens is 1. The Labute approximate surface area is 196 Å². The standard InChI is InChI=1S/C30H18ClNO/c31-28-16-15-26-25-13-7-8-14-27(25)33-30(26)29(32-28)24-18-22(20-9-3-1-4-10-20)17-23(19-24)21-11-5-2-6-12-21/h1-15,17-19H. The molecular weight excluding hydrogens is 426 g/mol. The molecule has 5 aromatic rings. The van der Waals surface area contributed by atoms with Crippen molar-refractivity contribution in [3.8, 4) is 22.3 Å². The SMILES string of the molecule is ClC1=C=Cc2c(oc3ccccc23)C(c2cc(-c3ccccc3)cc(-c3ccccc3)c2)=N1.